The first-order valence-electron chi connectivity index (χ1n) is 8.71. The van der Waals surface area contributed by atoms with E-state index in [1.54, 1.807) is 18.2 Å². The third kappa shape index (κ3) is 3.70. The molecule has 2 aromatic rings. The Balaban J connectivity index is 1.76. The number of carbonyl (C=O) groups excluding carboxylic acids is 1. The summed E-state index contributed by atoms with van der Waals surface area (Å²) in [6.45, 7) is 7.32. The summed E-state index contributed by atoms with van der Waals surface area (Å²) in [7, 11) is 0. The van der Waals surface area contributed by atoms with Gasteiger partial charge in [0.1, 0.15) is 5.82 Å². The summed E-state index contributed by atoms with van der Waals surface area (Å²) in [6.07, 6.45) is -0.807. The molecule has 0 bridgehead atoms. The van der Waals surface area contributed by atoms with Gasteiger partial charge in [-0.2, -0.15) is 13.2 Å². The van der Waals surface area contributed by atoms with Crippen molar-refractivity contribution in [1.82, 2.24) is 20.0 Å². The Morgan fingerprint density at radius 1 is 1.38 bits per heavy atom. The molecule has 1 aliphatic rings. The number of fused-ring (bicyclic) bond motifs is 1. The molecule has 2 N–H and O–H groups in total. The van der Waals surface area contributed by atoms with Gasteiger partial charge in [0.05, 0.1) is 22.8 Å². The van der Waals surface area contributed by atoms with E-state index in [-0.39, 0.29) is 11.8 Å². The fourth-order valence-corrected chi connectivity index (χ4v) is 3.22. The lowest BCUT2D eigenvalue weighted by Gasteiger charge is -2.25. The second-order valence-corrected chi connectivity index (χ2v) is 7.31. The minimum absolute atomic E-state index is 0.0172. The Bertz CT molecular complexity index is 812. The molecule has 2 aromatic heterocycles. The molecule has 8 heteroatoms. The summed E-state index contributed by atoms with van der Waals surface area (Å²) in [5.41, 5.74) is -1.18. The van der Waals surface area contributed by atoms with E-state index < -0.39 is 17.3 Å². The van der Waals surface area contributed by atoms with Gasteiger partial charge in [0.25, 0.3) is 0 Å². The maximum absolute atomic E-state index is 12.9. The van der Waals surface area contributed by atoms with Crippen molar-refractivity contribution in [2.45, 2.75) is 38.9 Å². The van der Waals surface area contributed by atoms with Crippen molar-refractivity contribution in [3.63, 3.8) is 0 Å². The van der Waals surface area contributed by atoms with E-state index in [1.807, 2.05) is 6.92 Å². The third-order valence-corrected chi connectivity index (χ3v) is 4.77. The Kier molecular flexibility index (Phi) is 4.72. The van der Waals surface area contributed by atoms with Crippen molar-refractivity contribution in [1.29, 1.82) is 0 Å². The summed E-state index contributed by atoms with van der Waals surface area (Å²) < 4.78 is 40.2. The molecule has 2 heterocycles. The molecule has 0 spiro atoms. The maximum atomic E-state index is 12.9. The number of nitrogens with zero attached hydrogens (tertiary/aromatic N) is 2. The van der Waals surface area contributed by atoms with E-state index in [0.29, 0.717) is 17.3 Å². The van der Waals surface area contributed by atoms with Gasteiger partial charge < -0.3 is 15.0 Å². The highest BCUT2D eigenvalue weighted by Crippen LogP contribution is 2.39. The van der Waals surface area contributed by atoms with Crippen LogP contribution in [0.3, 0.4) is 0 Å². The molecule has 0 unspecified atom stereocenters. The van der Waals surface area contributed by atoms with Crippen LogP contribution in [-0.2, 0) is 16.5 Å². The molecule has 3 rings (SSSR count). The Morgan fingerprint density at radius 2 is 2.12 bits per heavy atom. The lowest BCUT2D eigenvalue weighted by atomic mass is 10.0. The molecule has 1 aliphatic carbocycles. The normalized spacial score (nSPS) is 20.4. The highest BCUT2D eigenvalue weighted by molar-refractivity contribution is 5.82. The van der Waals surface area contributed by atoms with E-state index in [2.05, 4.69) is 15.6 Å². The van der Waals surface area contributed by atoms with Crippen LogP contribution in [0.25, 0.3) is 5.52 Å². The number of alkyl halides is 3. The quantitative estimate of drug-likeness (QED) is 0.824. The van der Waals surface area contributed by atoms with Gasteiger partial charge in [-0.25, -0.2) is 4.98 Å². The standard InChI is InChI=1S/C18H23F3N4O/c1-4-22-9-11-7-14(11)15(26)24-17(2,3)16-23-10-13-8-12(18(19,20)21)5-6-25(13)16/h5-6,8,10-11,14,22H,4,7,9H2,1-3H3,(H,24,26)/t11-,14+/m1/s1. The molecule has 26 heavy (non-hydrogen) atoms. The Labute approximate surface area is 150 Å². The van der Waals surface area contributed by atoms with Gasteiger partial charge in [-0.15, -0.1) is 0 Å². The molecule has 5 nitrogen and oxygen atoms in total. The topological polar surface area (TPSA) is 58.4 Å². The number of nitrogens with one attached hydrogen (secondary N) is 2. The number of carbonyl (C=O) groups is 1. The highest BCUT2D eigenvalue weighted by Gasteiger charge is 2.44. The zero-order valence-corrected chi connectivity index (χ0v) is 15.0. The predicted molar refractivity (Wildman–Crippen MR) is 91.5 cm³/mol. The van der Waals surface area contributed by atoms with Crippen LogP contribution < -0.4 is 10.6 Å². The second kappa shape index (κ2) is 6.57. The van der Waals surface area contributed by atoms with Crippen molar-refractivity contribution >= 4 is 11.4 Å². The molecule has 0 radical (unpaired) electrons. The van der Waals surface area contributed by atoms with Gasteiger partial charge in [0.15, 0.2) is 0 Å². The van der Waals surface area contributed by atoms with Crippen LogP contribution in [0.1, 0.15) is 38.6 Å². The number of halogens is 3. The number of aromatic nitrogens is 2. The molecule has 1 saturated carbocycles. The predicted octanol–water partition coefficient (Wildman–Crippen LogP) is 2.95. The number of hydrogen-bond acceptors (Lipinski definition) is 3. The van der Waals surface area contributed by atoms with E-state index in [0.717, 1.165) is 31.6 Å². The fourth-order valence-electron chi connectivity index (χ4n) is 3.22. The zero-order chi connectivity index (χ0) is 19.1. The third-order valence-electron chi connectivity index (χ3n) is 4.77. The summed E-state index contributed by atoms with van der Waals surface area (Å²) in [5.74, 6) is 0.786. The summed E-state index contributed by atoms with van der Waals surface area (Å²) in [6, 6.07) is 2.07. The van der Waals surface area contributed by atoms with Gasteiger partial charge in [-0.05, 0) is 51.4 Å². The number of amides is 1. The second-order valence-electron chi connectivity index (χ2n) is 7.31. The Morgan fingerprint density at radius 3 is 2.77 bits per heavy atom. The van der Waals surface area contributed by atoms with Crippen LogP contribution in [0.2, 0.25) is 0 Å². The number of pyridine rings is 1. The number of rotatable bonds is 6. The molecule has 0 aliphatic heterocycles. The fraction of sp³-hybridized carbons (Fsp3) is 0.556. The summed E-state index contributed by atoms with van der Waals surface area (Å²) in [5, 5.41) is 6.23. The molecular formula is C18H23F3N4O. The van der Waals surface area contributed by atoms with E-state index >= 15 is 0 Å². The average molecular weight is 368 g/mol. The maximum Gasteiger partial charge on any atom is 0.416 e. The summed E-state index contributed by atoms with van der Waals surface area (Å²) in [4.78, 5) is 16.7. The molecule has 0 aromatic carbocycles. The minimum atomic E-state index is -4.40. The van der Waals surface area contributed by atoms with Crippen LogP contribution in [-0.4, -0.2) is 28.4 Å². The average Bonchev–Trinajstić information content (AvgIpc) is 3.19. The van der Waals surface area contributed by atoms with E-state index in [4.69, 9.17) is 0 Å². The van der Waals surface area contributed by atoms with Crippen molar-refractivity contribution in [3.8, 4) is 0 Å². The molecule has 2 atom stereocenters. The first-order chi connectivity index (χ1) is 12.1. The summed E-state index contributed by atoms with van der Waals surface area (Å²) >= 11 is 0. The van der Waals surface area contributed by atoms with E-state index in [1.165, 1.54) is 12.4 Å². The zero-order valence-electron chi connectivity index (χ0n) is 15.0. The lowest BCUT2D eigenvalue weighted by Crippen LogP contribution is -2.43. The van der Waals surface area contributed by atoms with Crippen LogP contribution in [0.5, 0.6) is 0 Å². The van der Waals surface area contributed by atoms with Gasteiger partial charge in [0, 0.05) is 12.1 Å². The van der Waals surface area contributed by atoms with Crippen molar-refractivity contribution in [2.24, 2.45) is 11.8 Å². The first kappa shape index (κ1) is 18.7. The molecule has 142 valence electrons. The van der Waals surface area contributed by atoms with Crippen LogP contribution in [0, 0.1) is 11.8 Å². The SMILES string of the molecule is CCNC[C@H]1C[C@@H]1C(=O)NC(C)(C)c1ncc2cc(C(F)(F)F)ccn12. The van der Waals surface area contributed by atoms with Crippen LogP contribution >= 0.6 is 0 Å². The lowest BCUT2D eigenvalue weighted by molar-refractivity contribution is -0.137. The molecule has 0 saturated heterocycles. The van der Waals surface area contributed by atoms with Gasteiger partial charge in [0.2, 0.25) is 5.91 Å². The largest absolute Gasteiger partial charge is 0.416 e. The smallest absolute Gasteiger partial charge is 0.344 e. The van der Waals surface area contributed by atoms with E-state index in [9.17, 15) is 18.0 Å². The monoisotopic (exact) mass is 368 g/mol. The van der Waals surface area contributed by atoms with Crippen LogP contribution in [0.15, 0.2) is 24.5 Å². The van der Waals surface area contributed by atoms with Gasteiger partial charge >= 0.3 is 6.18 Å². The minimum Gasteiger partial charge on any atom is -0.344 e. The van der Waals surface area contributed by atoms with Crippen molar-refractivity contribution in [2.75, 3.05) is 13.1 Å². The van der Waals surface area contributed by atoms with Crippen molar-refractivity contribution in [3.05, 3.63) is 35.9 Å². The molecule has 1 amide bonds. The van der Waals surface area contributed by atoms with Gasteiger partial charge in [-0.3, -0.25) is 4.79 Å². The van der Waals surface area contributed by atoms with Gasteiger partial charge in [-0.1, -0.05) is 6.92 Å². The highest BCUT2D eigenvalue weighted by atomic mass is 19.4. The Hall–Kier alpha value is -2.09. The number of imidazole rings is 1. The molecule has 1 fully saturated rings. The first-order valence-corrected chi connectivity index (χ1v) is 8.71. The number of hydrogen-bond donors (Lipinski definition) is 2. The van der Waals surface area contributed by atoms with Crippen LogP contribution in [0.4, 0.5) is 13.2 Å². The molecular weight excluding hydrogens is 345 g/mol. The van der Waals surface area contributed by atoms with Crippen molar-refractivity contribution < 1.29 is 18.0 Å².